The maximum atomic E-state index is 15.4. The Kier molecular flexibility index (Phi) is 31.2. The van der Waals surface area contributed by atoms with Crippen LogP contribution < -0.4 is 80.8 Å². The van der Waals surface area contributed by atoms with Gasteiger partial charge in [-0.05, 0) is 144 Å². The molecule has 7 amide bonds. The lowest BCUT2D eigenvalue weighted by molar-refractivity contribution is 0.0593. The molecule has 0 spiro atoms. The Morgan fingerprint density at radius 2 is 0.363 bits per heavy atom. The van der Waals surface area contributed by atoms with Gasteiger partial charge in [-0.2, -0.15) is 0 Å². The smallest absolute Gasteiger partial charge is 0.356 e. The third-order valence-corrected chi connectivity index (χ3v) is 22.8. The first-order valence-corrected chi connectivity index (χ1v) is 48.6. The van der Waals surface area contributed by atoms with Crippen LogP contribution >= 0.6 is 0 Å². The minimum Gasteiger partial charge on any atom is -0.493 e. The summed E-state index contributed by atoms with van der Waals surface area (Å²) in [6, 6.07) is 53.3. The number of para-hydroxylation sites is 8. The number of carbonyl (C=O) groups excluding carboxylic acids is 8. The first-order chi connectivity index (χ1) is 70.1. The van der Waals surface area contributed by atoms with Gasteiger partial charge in [0, 0.05) is 91.6 Å². The molecule has 0 aliphatic heterocycles. The number of ether oxygens (including phenoxy) is 9. The van der Waals surface area contributed by atoms with Crippen molar-refractivity contribution in [3.05, 3.63) is 240 Å². The number of amides is 7. The summed E-state index contributed by atoms with van der Waals surface area (Å²) in [7, 11) is 1.25. The molecule has 0 saturated heterocycles. The highest BCUT2D eigenvalue weighted by Gasteiger charge is 2.30. The van der Waals surface area contributed by atoms with Crippen LogP contribution in [0, 0.1) is 47.3 Å². The lowest BCUT2D eigenvalue weighted by atomic mass is 10.1. The summed E-state index contributed by atoms with van der Waals surface area (Å²) >= 11 is 0. The summed E-state index contributed by atoms with van der Waals surface area (Å²) in [6.45, 7) is 33.9. The van der Waals surface area contributed by atoms with Crippen molar-refractivity contribution in [2.45, 2.75) is 111 Å². The maximum Gasteiger partial charge on any atom is 0.356 e. The van der Waals surface area contributed by atoms with Gasteiger partial charge in [0.2, 0.25) is 0 Å². The molecule has 8 heterocycles. The SMILES string of the molecule is COC(=O)c1cc(OCC(C)C)c2cccc(NC(=O)c3cc(OCC(C)C)c4cccc(NC(=O)c5cc(OCC(C)C)c6cccc(NC(=O)c7cc(OCC(C)C)c8cccc(NC(=O)c9cc(OCC(C)C)c%10cccc(NC(=O)c%11cc(OCC(C)C)c%12cccc(NC(=O)c%13cc(OCC(C)C)c%14cccc(NC(=O)c%15cc(OCC(C)C)c%16cccc(N)c%16n%15)c%14n%13)c%12n%11)c%10n9)c8n7)c6n5)c4n3)c2n1. The van der Waals surface area contributed by atoms with Crippen LogP contribution in [0.3, 0.4) is 0 Å². The maximum absolute atomic E-state index is 15.4. The van der Waals surface area contributed by atoms with Crippen LogP contribution in [0.1, 0.15) is 195 Å². The Morgan fingerprint density at radius 3 is 0.527 bits per heavy atom. The van der Waals surface area contributed by atoms with Crippen LogP contribution in [0.5, 0.6) is 46.0 Å². The molecular weight excluding hydrogens is 1850 g/mol. The van der Waals surface area contributed by atoms with E-state index < -0.39 is 47.3 Å². The number of esters is 1. The normalized spacial score (nSPS) is 11.6. The van der Waals surface area contributed by atoms with E-state index in [0.29, 0.717) is 90.5 Å². The molecular formula is C113H116N16O17. The number of nitrogens with two attached hydrogens (primary N) is 1. The molecule has 750 valence electrons. The molecule has 146 heavy (non-hydrogen) atoms. The molecule has 16 rings (SSSR count). The van der Waals surface area contributed by atoms with Gasteiger partial charge in [0.15, 0.2) is 5.69 Å². The summed E-state index contributed by atoms with van der Waals surface area (Å²) in [5.41, 5.74) is 9.10. The van der Waals surface area contributed by atoms with Crippen molar-refractivity contribution < 1.29 is 81.0 Å². The Bertz CT molecular complexity index is 7660. The lowest BCUT2D eigenvalue weighted by Gasteiger charge is -2.18. The van der Waals surface area contributed by atoms with E-state index in [2.05, 4.69) is 47.2 Å². The van der Waals surface area contributed by atoms with Gasteiger partial charge >= 0.3 is 5.97 Å². The second-order valence-electron chi connectivity index (χ2n) is 39.0. The molecule has 33 nitrogen and oxygen atoms in total. The van der Waals surface area contributed by atoms with E-state index in [0.717, 1.165) is 0 Å². The van der Waals surface area contributed by atoms with Gasteiger partial charge in [0.1, 0.15) is 85.9 Å². The van der Waals surface area contributed by atoms with E-state index in [9.17, 15) is 14.4 Å². The third kappa shape index (κ3) is 23.5. The average molecular weight is 1970 g/mol. The molecule has 33 heteroatoms. The molecule has 0 aliphatic rings. The van der Waals surface area contributed by atoms with Gasteiger partial charge in [-0.15, -0.1) is 0 Å². The number of rotatable bonds is 39. The van der Waals surface area contributed by atoms with Crippen molar-refractivity contribution >= 4 is 180 Å². The highest BCUT2D eigenvalue weighted by molar-refractivity contribution is 6.19. The van der Waals surface area contributed by atoms with Crippen LogP contribution in [0.15, 0.2) is 194 Å². The van der Waals surface area contributed by atoms with Crippen molar-refractivity contribution in [3.8, 4) is 46.0 Å². The van der Waals surface area contributed by atoms with Crippen LogP contribution in [0.4, 0.5) is 45.5 Å². The summed E-state index contributed by atoms with van der Waals surface area (Å²) in [4.78, 5) is 158. The molecule has 9 N–H and O–H groups in total. The van der Waals surface area contributed by atoms with E-state index in [4.69, 9.17) is 78.3 Å². The van der Waals surface area contributed by atoms with Crippen LogP contribution in [0.2, 0.25) is 0 Å². The predicted octanol–water partition coefficient (Wildman–Crippen LogP) is 22.5. The molecule has 0 saturated carbocycles. The van der Waals surface area contributed by atoms with Crippen molar-refractivity contribution in [3.63, 3.8) is 0 Å². The number of anilines is 8. The van der Waals surface area contributed by atoms with Crippen molar-refractivity contribution in [1.29, 1.82) is 0 Å². The molecule has 0 fully saturated rings. The van der Waals surface area contributed by atoms with Gasteiger partial charge in [0.05, 0.1) is 150 Å². The number of hydrogen-bond donors (Lipinski definition) is 8. The Balaban J connectivity index is 0.695. The zero-order valence-corrected chi connectivity index (χ0v) is 84.3. The number of aromatic nitrogens is 8. The second kappa shape index (κ2) is 44.7. The monoisotopic (exact) mass is 1970 g/mol. The fourth-order valence-electron chi connectivity index (χ4n) is 15.8. The van der Waals surface area contributed by atoms with Gasteiger partial charge in [0.25, 0.3) is 41.4 Å². The zero-order valence-electron chi connectivity index (χ0n) is 84.3. The van der Waals surface area contributed by atoms with E-state index in [1.165, 1.54) is 49.6 Å². The van der Waals surface area contributed by atoms with E-state index in [1.807, 2.05) is 117 Å². The number of pyridine rings is 8. The molecule has 0 aliphatic carbocycles. The van der Waals surface area contributed by atoms with Gasteiger partial charge in [-0.25, -0.2) is 44.7 Å². The largest absolute Gasteiger partial charge is 0.493 e. The number of benzene rings is 8. The molecule has 0 atom stereocenters. The first kappa shape index (κ1) is 102. The molecule has 0 radical (unpaired) electrons. The summed E-state index contributed by atoms with van der Waals surface area (Å²) < 4.78 is 56.2. The Labute approximate surface area is 843 Å². The molecule has 0 bridgehead atoms. The fourth-order valence-corrected chi connectivity index (χ4v) is 15.8. The summed E-state index contributed by atoms with van der Waals surface area (Å²) in [5.74, 6) is -2.58. The van der Waals surface area contributed by atoms with Gasteiger partial charge in [-0.3, -0.25) is 33.6 Å². The lowest BCUT2D eigenvalue weighted by Crippen LogP contribution is -2.19. The Morgan fingerprint density at radius 1 is 0.219 bits per heavy atom. The molecule has 16 aromatic rings. The summed E-state index contributed by atoms with van der Waals surface area (Å²) in [6.07, 6.45) is 0. The minimum atomic E-state index is -0.736. The van der Waals surface area contributed by atoms with Crippen molar-refractivity contribution in [2.75, 3.05) is 103 Å². The zero-order chi connectivity index (χ0) is 104. The minimum absolute atomic E-state index is 0.00993. The highest BCUT2D eigenvalue weighted by atomic mass is 16.5. The molecule has 8 aromatic carbocycles. The molecule has 8 aromatic heterocycles. The number of hydrogen-bond acceptors (Lipinski definition) is 26. The van der Waals surface area contributed by atoms with Crippen LogP contribution in [-0.2, 0) is 4.74 Å². The Hall–Kier alpha value is -17.0. The van der Waals surface area contributed by atoms with Gasteiger partial charge < -0.3 is 85.6 Å². The van der Waals surface area contributed by atoms with E-state index in [-0.39, 0.29) is 234 Å². The number of nitrogen functional groups attached to an aromatic ring is 1. The number of fused-ring (bicyclic) bond motifs is 8. The fraction of sp³-hybridized carbons (Fsp3) is 0.292. The third-order valence-electron chi connectivity index (χ3n) is 22.8. The van der Waals surface area contributed by atoms with Crippen molar-refractivity contribution in [1.82, 2.24) is 39.9 Å². The van der Waals surface area contributed by atoms with E-state index in [1.54, 1.807) is 146 Å². The quantitative estimate of drug-likeness (QED) is 0.0131. The predicted molar refractivity (Wildman–Crippen MR) is 568 cm³/mol. The number of nitrogens with zero attached hydrogens (tertiary/aromatic N) is 8. The number of methoxy groups -OCH3 is 1. The number of carbonyl (C=O) groups is 8. The standard InChI is InChI=1S/C113H116N16O17/c1-58(2)50-139-90-42-82(115-98-66(90)26-18-34-74(98)114)106(130)123-75-35-19-27-67-91(140-51-59(3)4)43-83(116-99(67)75)107(131)124-76-36-20-28-68-92(141-52-60(5)6)44-84(117-100(68)76)108(132)125-77-37-21-29-69-93(142-53-61(7)8)45-85(118-101(69)77)109(133)126-78-38-22-30-70-94(143-54-62(9)10)46-86(119-102(70)78)110(134)127-79-39-23-31-71-95(144-55-63(11)12)47-87(120-103(71)79)111(135)128-80-40-24-32-72-96(145-56-64(13)14)48-88(121-104(72)80)112(136)129-81-41-25-33-73-97(146-57-65(15)16)49-89(113(137)138-17)122-105(73)81/h18-49,58-65H,50-57,114H2,1-17H3,(H,123,130)(H,124,131)(H,125,132)(H,126,133)(H,127,134)(H,128,135)(H,129,136). The van der Waals surface area contributed by atoms with Gasteiger partial charge in [-0.1, -0.05) is 159 Å². The summed E-state index contributed by atoms with van der Waals surface area (Å²) in [5, 5.41) is 24.9. The van der Waals surface area contributed by atoms with Crippen LogP contribution in [-0.4, -0.2) is 147 Å². The highest BCUT2D eigenvalue weighted by Crippen LogP contribution is 2.42. The molecule has 0 unspecified atom stereocenters. The topological polar surface area (TPSA) is 433 Å². The average Bonchev–Trinajstić information content (AvgIpc) is 0.741. The van der Waals surface area contributed by atoms with E-state index >= 15 is 24.0 Å². The second-order valence-corrected chi connectivity index (χ2v) is 39.0. The first-order valence-electron chi connectivity index (χ1n) is 48.6. The number of nitrogens with one attached hydrogen (secondary N) is 7. The van der Waals surface area contributed by atoms with Crippen LogP contribution in [0.25, 0.3) is 87.2 Å². The van der Waals surface area contributed by atoms with Crippen molar-refractivity contribution in [2.24, 2.45) is 47.3 Å².